The van der Waals surface area contributed by atoms with Crippen molar-refractivity contribution < 1.29 is 14.7 Å². The van der Waals surface area contributed by atoms with Crippen LogP contribution in [0, 0.1) is 10.1 Å². The second kappa shape index (κ2) is 6.47. The van der Waals surface area contributed by atoms with E-state index in [1.165, 1.54) is 36.5 Å². The molecule has 1 aromatic heterocycles. The molecule has 21 heavy (non-hydrogen) atoms. The molecule has 0 N–H and O–H groups in total. The van der Waals surface area contributed by atoms with E-state index in [0.29, 0.717) is 10.6 Å². The van der Waals surface area contributed by atoms with Crippen LogP contribution in [-0.4, -0.2) is 21.7 Å². The van der Waals surface area contributed by atoms with Crippen LogP contribution < -0.4 is 0 Å². The highest BCUT2D eigenvalue weighted by atomic mass is 35.5. The van der Waals surface area contributed by atoms with Gasteiger partial charge < -0.3 is 4.74 Å². The number of ether oxygens (including phenoxy) is 1. The van der Waals surface area contributed by atoms with Gasteiger partial charge in [0.05, 0.1) is 12.1 Å². The van der Waals surface area contributed by atoms with Gasteiger partial charge in [-0.3, -0.25) is 9.40 Å². The number of rotatable bonds is 5. The molecular formula is C12H9Cl2N3O4. The van der Waals surface area contributed by atoms with Gasteiger partial charge in [-0.25, -0.2) is 4.98 Å². The van der Waals surface area contributed by atoms with E-state index in [1.807, 2.05) is 0 Å². The van der Waals surface area contributed by atoms with Gasteiger partial charge in [-0.2, -0.15) is 0 Å². The lowest BCUT2D eigenvalue weighted by Gasteiger charge is -2.14. The Morgan fingerprint density at radius 1 is 1.43 bits per heavy atom. The van der Waals surface area contributed by atoms with Crippen molar-refractivity contribution in [3.8, 4) is 0 Å². The normalized spacial score (nSPS) is 11.8. The van der Waals surface area contributed by atoms with Crippen LogP contribution in [0.25, 0.3) is 11.6 Å². The van der Waals surface area contributed by atoms with Crippen LogP contribution in [0.2, 0.25) is 10.0 Å². The van der Waals surface area contributed by atoms with Gasteiger partial charge in [0.15, 0.2) is 5.76 Å². The minimum Gasteiger partial charge on any atom is -0.492 e. The summed E-state index contributed by atoms with van der Waals surface area (Å²) in [5.41, 5.74) is 0.397. The Balaban J connectivity index is 2.63. The van der Waals surface area contributed by atoms with Gasteiger partial charge in [0.25, 0.3) is 0 Å². The number of nitrogens with zero attached hydrogens (tertiary/aromatic N) is 3. The summed E-state index contributed by atoms with van der Waals surface area (Å²) in [4.78, 5) is 19.1. The van der Waals surface area contributed by atoms with Gasteiger partial charge in [0.2, 0.25) is 5.88 Å². The lowest BCUT2D eigenvalue weighted by atomic mass is 10.2. The molecule has 9 heteroatoms. The van der Waals surface area contributed by atoms with Crippen molar-refractivity contribution in [1.82, 2.24) is 9.55 Å². The van der Waals surface area contributed by atoms with E-state index in [0.717, 1.165) is 0 Å². The quantitative estimate of drug-likeness (QED) is 0.477. The second-order valence-corrected chi connectivity index (χ2v) is 4.59. The Kier molecular flexibility index (Phi) is 4.66. The average molecular weight is 330 g/mol. The largest absolute Gasteiger partial charge is 0.492 e. The van der Waals surface area contributed by atoms with Crippen LogP contribution in [0.3, 0.4) is 0 Å². The maximum absolute atomic E-state index is 10.7. The summed E-state index contributed by atoms with van der Waals surface area (Å²) < 4.78 is 6.52. The minimum atomic E-state index is -0.946. The van der Waals surface area contributed by atoms with E-state index in [-0.39, 0.29) is 16.7 Å². The standard InChI is InChI=1S/C12H9Cl2N3O4/c1-20-11(9-3-2-8(13)6-10(9)14)12(21-17(18)19)16-5-4-15-7-16/h2-7H,1H3/b12-11+. The summed E-state index contributed by atoms with van der Waals surface area (Å²) in [6.07, 6.45) is 4.25. The molecule has 1 heterocycles. The molecule has 0 bridgehead atoms. The molecule has 0 saturated heterocycles. The number of hydrogen-bond acceptors (Lipinski definition) is 5. The molecule has 7 nitrogen and oxygen atoms in total. The third-order valence-electron chi connectivity index (χ3n) is 2.47. The molecule has 0 fully saturated rings. The molecule has 0 spiro atoms. The minimum absolute atomic E-state index is 0.0753. The van der Waals surface area contributed by atoms with Gasteiger partial charge in [0, 0.05) is 23.0 Å². The van der Waals surface area contributed by atoms with Crippen molar-refractivity contribution in [2.45, 2.75) is 0 Å². The van der Waals surface area contributed by atoms with Crippen LogP contribution in [0.1, 0.15) is 5.56 Å². The van der Waals surface area contributed by atoms with E-state index in [4.69, 9.17) is 27.9 Å². The lowest BCUT2D eigenvalue weighted by molar-refractivity contribution is -0.731. The van der Waals surface area contributed by atoms with Crippen molar-refractivity contribution in [2.24, 2.45) is 0 Å². The predicted molar refractivity (Wildman–Crippen MR) is 76.9 cm³/mol. The first kappa shape index (κ1) is 15.1. The molecule has 1 aromatic carbocycles. The van der Waals surface area contributed by atoms with Crippen LogP contribution in [0.15, 0.2) is 36.9 Å². The fourth-order valence-corrected chi connectivity index (χ4v) is 2.14. The second-order valence-electron chi connectivity index (χ2n) is 3.75. The Hall–Kier alpha value is -2.25. The third kappa shape index (κ3) is 3.45. The number of hydrogen-bond donors (Lipinski definition) is 0. The van der Waals surface area contributed by atoms with E-state index in [2.05, 4.69) is 9.82 Å². The van der Waals surface area contributed by atoms with Crippen molar-refractivity contribution in [2.75, 3.05) is 7.11 Å². The fraction of sp³-hybridized carbons (Fsp3) is 0.0833. The molecule has 0 aliphatic carbocycles. The Bertz CT molecular complexity index is 686. The van der Waals surface area contributed by atoms with Crippen LogP contribution in [0.4, 0.5) is 0 Å². The number of aromatic nitrogens is 2. The fourth-order valence-electron chi connectivity index (χ4n) is 1.64. The SMILES string of the molecule is CO/C(=C(/O[N+](=O)[O-])n1ccnc1)c1ccc(Cl)cc1Cl. The highest BCUT2D eigenvalue weighted by Gasteiger charge is 2.19. The number of methoxy groups -OCH3 is 1. The summed E-state index contributed by atoms with van der Waals surface area (Å²) in [5, 5.41) is 10.5. The van der Waals surface area contributed by atoms with E-state index < -0.39 is 5.09 Å². The van der Waals surface area contributed by atoms with Crippen molar-refractivity contribution >= 4 is 34.8 Å². The third-order valence-corrected chi connectivity index (χ3v) is 3.02. The van der Waals surface area contributed by atoms with Gasteiger partial charge >= 0.3 is 5.09 Å². The zero-order valence-corrected chi connectivity index (χ0v) is 12.2. The maximum atomic E-state index is 10.7. The Morgan fingerprint density at radius 2 is 2.19 bits per heavy atom. The summed E-state index contributed by atoms with van der Waals surface area (Å²) in [7, 11) is 1.35. The molecule has 0 atom stereocenters. The molecule has 0 aliphatic rings. The first-order valence-corrected chi connectivity index (χ1v) is 6.33. The van der Waals surface area contributed by atoms with E-state index >= 15 is 0 Å². The van der Waals surface area contributed by atoms with Crippen LogP contribution >= 0.6 is 23.2 Å². The molecule has 2 aromatic rings. The van der Waals surface area contributed by atoms with Gasteiger partial charge in [-0.15, -0.1) is 10.1 Å². The van der Waals surface area contributed by atoms with Crippen molar-refractivity contribution in [3.05, 3.63) is 62.6 Å². The van der Waals surface area contributed by atoms with Crippen molar-refractivity contribution in [1.29, 1.82) is 0 Å². The van der Waals surface area contributed by atoms with Gasteiger partial charge in [-0.05, 0) is 18.2 Å². The van der Waals surface area contributed by atoms with Crippen LogP contribution in [-0.2, 0) is 9.57 Å². The van der Waals surface area contributed by atoms with Gasteiger partial charge in [-0.1, -0.05) is 23.2 Å². The molecule has 0 amide bonds. The Morgan fingerprint density at radius 3 is 2.71 bits per heavy atom. The highest BCUT2D eigenvalue weighted by molar-refractivity contribution is 6.35. The Labute approximate surface area is 129 Å². The average Bonchev–Trinajstić information content (AvgIpc) is 2.94. The predicted octanol–water partition coefficient (Wildman–Crippen LogP) is 3.33. The van der Waals surface area contributed by atoms with Gasteiger partial charge in [0.1, 0.15) is 6.33 Å². The monoisotopic (exact) mass is 329 g/mol. The lowest BCUT2D eigenvalue weighted by Crippen LogP contribution is -2.09. The number of imidazole rings is 1. The summed E-state index contributed by atoms with van der Waals surface area (Å²) in [6, 6.07) is 4.65. The molecular weight excluding hydrogens is 321 g/mol. The number of halogens is 2. The molecule has 110 valence electrons. The zero-order chi connectivity index (χ0) is 15.4. The summed E-state index contributed by atoms with van der Waals surface area (Å²) in [5.74, 6) is -0.101. The molecule has 0 saturated carbocycles. The van der Waals surface area contributed by atoms with Crippen molar-refractivity contribution in [3.63, 3.8) is 0 Å². The molecule has 2 rings (SSSR count). The zero-order valence-electron chi connectivity index (χ0n) is 10.7. The topological polar surface area (TPSA) is 79.4 Å². The molecule has 0 aliphatic heterocycles. The smallest absolute Gasteiger partial charge is 0.301 e. The van der Waals surface area contributed by atoms with Crippen LogP contribution in [0.5, 0.6) is 0 Å². The number of benzene rings is 1. The first-order valence-electron chi connectivity index (χ1n) is 5.57. The van der Waals surface area contributed by atoms with E-state index in [9.17, 15) is 10.1 Å². The summed E-state index contributed by atoms with van der Waals surface area (Å²) in [6.45, 7) is 0. The van der Waals surface area contributed by atoms with E-state index in [1.54, 1.807) is 12.1 Å². The highest BCUT2D eigenvalue weighted by Crippen LogP contribution is 2.31. The maximum Gasteiger partial charge on any atom is 0.301 e. The first-order chi connectivity index (χ1) is 10.0. The molecule has 0 unspecified atom stereocenters. The summed E-state index contributed by atoms with van der Waals surface area (Å²) >= 11 is 11.9. The molecule has 0 radical (unpaired) electrons.